The zero-order chi connectivity index (χ0) is 12.6. The molecule has 0 saturated carbocycles. The van der Waals surface area contributed by atoms with Crippen molar-refractivity contribution in [1.82, 2.24) is 0 Å². The van der Waals surface area contributed by atoms with Crippen LogP contribution < -0.4 is 0 Å². The number of hydrogen-bond acceptors (Lipinski definition) is 2. The molecule has 0 rings (SSSR count). The fourth-order valence-electron chi connectivity index (χ4n) is 1.31. The van der Waals surface area contributed by atoms with Crippen molar-refractivity contribution in [3.05, 3.63) is 0 Å². The molecule has 2 atom stereocenters. The van der Waals surface area contributed by atoms with Gasteiger partial charge in [-0.1, -0.05) is 43.6 Å². The molecule has 0 radical (unpaired) electrons. The molecule has 0 aliphatic carbocycles. The smallest absolute Gasteiger partial charge is 0.317 e. The minimum Gasteiger partial charge on any atom is -0.483 e. The normalized spacial score (nSPS) is 14.5. The molecule has 0 saturated heterocycles. The van der Waals surface area contributed by atoms with Crippen LogP contribution in [0.15, 0.2) is 0 Å². The maximum atomic E-state index is 10.6. The van der Waals surface area contributed by atoms with Crippen LogP contribution in [-0.2, 0) is 9.59 Å². The molecule has 2 N–H and O–H groups in total. The highest BCUT2D eigenvalue weighted by Crippen LogP contribution is 2.28. The molecule has 0 aliphatic rings. The van der Waals surface area contributed by atoms with Gasteiger partial charge >= 0.3 is 5.97 Å². The second-order valence-electron chi connectivity index (χ2n) is 4.59. The Kier molecular flexibility index (Phi) is 8.62. The quantitative estimate of drug-likeness (QED) is 0.616. The van der Waals surface area contributed by atoms with Gasteiger partial charge in [0, 0.05) is 0 Å². The van der Waals surface area contributed by atoms with Crippen LogP contribution in [0.4, 0.5) is 0 Å². The summed E-state index contributed by atoms with van der Waals surface area (Å²) in [7, 11) is 0. The summed E-state index contributed by atoms with van der Waals surface area (Å²) in [6, 6.07) is 0. The van der Waals surface area contributed by atoms with E-state index in [0.29, 0.717) is 0 Å². The molecule has 0 bridgehead atoms. The van der Waals surface area contributed by atoms with E-state index in [1.54, 1.807) is 0 Å². The van der Waals surface area contributed by atoms with Crippen LogP contribution in [0.5, 0.6) is 0 Å². The third-order valence-corrected chi connectivity index (χ3v) is 2.96. The molecule has 2 unspecified atom stereocenters. The first kappa shape index (κ1) is 16.8. The van der Waals surface area contributed by atoms with E-state index in [1.165, 1.54) is 0 Å². The van der Waals surface area contributed by atoms with Gasteiger partial charge < -0.3 is 10.2 Å². The van der Waals surface area contributed by atoms with Crippen molar-refractivity contribution < 1.29 is 19.8 Å². The number of alkyl halides is 1. The molecular weight excluding hydrogens is 264 g/mol. The van der Waals surface area contributed by atoms with Crippen LogP contribution >= 0.6 is 15.9 Å². The number of halogens is 1. The maximum absolute atomic E-state index is 10.6. The number of aliphatic carboxylic acids is 1. The Bertz CT molecular complexity index is 198. The van der Waals surface area contributed by atoms with Gasteiger partial charge in [0.15, 0.2) is 0 Å². The summed E-state index contributed by atoms with van der Waals surface area (Å²) in [4.78, 5) is 18.5. The summed E-state index contributed by atoms with van der Waals surface area (Å²) < 4.78 is 0. The Labute approximate surface area is 98.8 Å². The highest BCUT2D eigenvalue weighted by Gasteiger charge is 2.25. The molecule has 0 heterocycles. The van der Waals surface area contributed by atoms with Gasteiger partial charge in [-0.3, -0.25) is 9.59 Å². The molecule has 5 heteroatoms. The van der Waals surface area contributed by atoms with Crippen LogP contribution in [-0.4, -0.2) is 27.5 Å². The number of rotatable bonds is 3. The molecule has 15 heavy (non-hydrogen) atoms. The van der Waals surface area contributed by atoms with Crippen molar-refractivity contribution in [3.8, 4) is 0 Å². The standard InChI is InChI=1S/C9H17BrO2.CH2O2/c1-6(5-9(2,3)4)7(10)8(11)12;2-1-3/h6-7H,5H2,1-4H3,(H,11,12);1H,(H,2,3). The average Bonchev–Trinajstić information content (AvgIpc) is 2.01. The lowest BCUT2D eigenvalue weighted by molar-refractivity contribution is -0.137. The molecule has 0 aromatic heterocycles. The van der Waals surface area contributed by atoms with Crippen molar-refractivity contribution in [2.75, 3.05) is 0 Å². The third kappa shape index (κ3) is 11.3. The van der Waals surface area contributed by atoms with Crippen molar-refractivity contribution in [2.45, 2.75) is 38.9 Å². The van der Waals surface area contributed by atoms with Gasteiger partial charge in [-0.15, -0.1) is 0 Å². The molecule has 0 spiro atoms. The van der Waals surface area contributed by atoms with Crippen molar-refractivity contribution in [3.63, 3.8) is 0 Å². The van der Waals surface area contributed by atoms with Gasteiger partial charge in [0.2, 0.25) is 0 Å². The molecule has 0 aromatic carbocycles. The minimum absolute atomic E-state index is 0.169. The number of carbonyl (C=O) groups is 2. The Morgan fingerprint density at radius 2 is 1.80 bits per heavy atom. The Balaban J connectivity index is 0. The lowest BCUT2D eigenvalue weighted by Gasteiger charge is -2.24. The third-order valence-electron chi connectivity index (χ3n) is 1.67. The highest BCUT2D eigenvalue weighted by atomic mass is 79.9. The summed E-state index contributed by atoms with van der Waals surface area (Å²) in [5.74, 6) is -0.603. The van der Waals surface area contributed by atoms with Crippen LogP contribution in [0.3, 0.4) is 0 Å². The van der Waals surface area contributed by atoms with E-state index in [-0.39, 0.29) is 17.8 Å². The van der Waals surface area contributed by atoms with Gasteiger partial charge in [-0.05, 0) is 17.8 Å². The van der Waals surface area contributed by atoms with E-state index in [9.17, 15) is 4.79 Å². The van der Waals surface area contributed by atoms with E-state index in [0.717, 1.165) is 6.42 Å². The van der Waals surface area contributed by atoms with Crippen LogP contribution in [0, 0.1) is 11.3 Å². The van der Waals surface area contributed by atoms with Crippen molar-refractivity contribution in [2.24, 2.45) is 11.3 Å². The summed E-state index contributed by atoms with van der Waals surface area (Å²) in [5.41, 5.74) is 0.195. The lowest BCUT2D eigenvalue weighted by atomic mass is 9.84. The molecule has 4 nitrogen and oxygen atoms in total. The molecule has 0 amide bonds. The van der Waals surface area contributed by atoms with Gasteiger partial charge in [-0.25, -0.2) is 0 Å². The first-order chi connectivity index (χ1) is 6.65. The van der Waals surface area contributed by atoms with E-state index in [2.05, 4.69) is 36.7 Å². The predicted molar refractivity (Wildman–Crippen MR) is 62.3 cm³/mol. The first-order valence-electron chi connectivity index (χ1n) is 4.60. The zero-order valence-corrected chi connectivity index (χ0v) is 11.1. The lowest BCUT2D eigenvalue weighted by Crippen LogP contribution is -2.25. The summed E-state index contributed by atoms with van der Waals surface area (Å²) in [6.07, 6.45) is 0.912. The Morgan fingerprint density at radius 3 is 2.00 bits per heavy atom. The molecule has 0 fully saturated rings. The van der Waals surface area contributed by atoms with Crippen LogP contribution in [0.1, 0.15) is 34.1 Å². The fourth-order valence-corrected chi connectivity index (χ4v) is 1.50. The highest BCUT2D eigenvalue weighted by molar-refractivity contribution is 9.10. The average molecular weight is 283 g/mol. The van der Waals surface area contributed by atoms with Crippen molar-refractivity contribution >= 4 is 28.4 Å². The monoisotopic (exact) mass is 282 g/mol. The second-order valence-corrected chi connectivity index (χ2v) is 5.57. The molecule has 0 aliphatic heterocycles. The van der Waals surface area contributed by atoms with E-state index in [1.807, 2.05) is 6.92 Å². The van der Waals surface area contributed by atoms with E-state index >= 15 is 0 Å². The maximum Gasteiger partial charge on any atom is 0.317 e. The predicted octanol–water partition coefficient (Wildman–Crippen LogP) is 2.61. The zero-order valence-electron chi connectivity index (χ0n) is 9.53. The van der Waals surface area contributed by atoms with Gasteiger partial charge in [0.25, 0.3) is 6.47 Å². The molecule has 0 aromatic rings. The number of carboxylic acid groups (broad SMARTS) is 2. The Morgan fingerprint density at radius 1 is 1.47 bits per heavy atom. The summed E-state index contributed by atoms with van der Waals surface area (Å²) >= 11 is 3.16. The first-order valence-corrected chi connectivity index (χ1v) is 5.52. The van der Waals surface area contributed by atoms with E-state index in [4.69, 9.17) is 15.0 Å². The van der Waals surface area contributed by atoms with Gasteiger partial charge in [-0.2, -0.15) is 0 Å². The number of hydrogen-bond donors (Lipinski definition) is 2. The fraction of sp³-hybridized carbons (Fsp3) is 0.800. The minimum atomic E-state index is -0.772. The summed E-state index contributed by atoms with van der Waals surface area (Å²) in [5, 5.41) is 15.6. The van der Waals surface area contributed by atoms with Crippen LogP contribution in [0.2, 0.25) is 0 Å². The topological polar surface area (TPSA) is 74.6 Å². The largest absolute Gasteiger partial charge is 0.483 e. The second kappa shape index (κ2) is 7.68. The van der Waals surface area contributed by atoms with Gasteiger partial charge in [0.05, 0.1) is 0 Å². The number of carboxylic acids is 1. The van der Waals surface area contributed by atoms with E-state index < -0.39 is 10.8 Å². The molecular formula is C10H19BrO4. The SMILES string of the molecule is CC(CC(C)(C)C)C(Br)C(=O)O.O=CO. The molecule has 90 valence electrons. The summed E-state index contributed by atoms with van der Waals surface area (Å²) in [6.45, 7) is 8.06. The Hall–Kier alpha value is -0.580. The van der Waals surface area contributed by atoms with Crippen LogP contribution in [0.25, 0.3) is 0 Å². The van der Waals surface area contributed by atoms with Gasteiger partial charge in [0.1, 0.15) is 4.83 Å². The van der Waals surface area contributed by atoms with Crippen molar-refractivity contribution in [1.29, 1.82) is 0 Å².